The first-order valence-electron chi connectivity index (χ1n) is 7.49. The number of phenolic OH excluding ortho intramolecular Hbond substituents is 1. The maximum atomic E-state index is 12.0. The molecule has 0 saturated heterocycles. The predicted molar refractivity (Wildman–Crippen MR) is 89.8 cm³/mol. The molecule has 0 aliphatic carbocycles. The predicted octanol–water partition coefficient (Wildman–Crippen LogP) is 2.26. The normalized spacial score (nSPS) is 10.6. The van der Waals surface area contributed by atoms with Gasteiger partial charge in [0, 0.05) is 13.1 Å². The van der Waals surface area contributed by atoms with Crippen LogP contribution in [0, 0.1) is 0 Å². The molecule has 0 atom stereocenters. The molecule has 2 rings (SSSR count). The number of likely N-dealkylation sites (N-methyl/N-ethyl adjacent to an activating group) is 1. The number of benzene rings is 2. The van der Waals surface area contributed by atoms with E-state index in [9.17, 15) is 9.90 Å². The molecule has 0 radical (unpaired) electrons. The molecule has 2 N–H and O–H groups in total. The largest absolute Gasteiger partial charge is 0.507 e. The lowest BCUT2D eigenvalue weighted by molar-refractivity contribution is 0.0948. The summed E-state index contributed by atoms with van der Waals surface area (Å²) < 4.78 is 5.62. The Bertz CT molecular complexity index is 639. The average Bonchev–Trinajstić information content (AvgIpc) is 2.54. The first kappa shape index (κ1) is 16.8. The number of para-hydroxylation sites is 1. The van der Waals surface area contributed by atoms with Crippen LogP contribution in [0.15, 0.2) is 48.5 Å². The lowest BCUT2D eigenvalue weighted by Crippen LogP contribution is -2.22. The second-order valence-corrected chi connectivity index (χ2v) is 5.50. The van der Waals surface area contributed by atoms with Crippen LogP contribution in [0.25, 0.3) is 0 Å². The molecule has 0 aliphatic rings. The van der Waals surface area contributed by atoms with E-state index in [4.69, 9.17) is 4.74 Å². The van der Waals surface area contributed by atoms with Gasteiger partial charge in [-0.05, 0) is 43.9 Å². The van der Waals surface area contributed by atoms with E-state index in [2.05, 4.69) is 10.2 Å². The van der Waals surface area contributed by atoms with E-state index in [1.165, 1.54) is 6.07 Å². The van der Waals surface area contributed by atoms with Gasteiger partial charge in [-0.1, -0.05) is 24.3 Å². The van der Waals surface area contributed by atoms with Crippen molar-refractivity contribution in [2.24, 2.45) is 0 Å². The Kier molecular flexibility index (Phi) is 6.00. The fourth-order valence-corrected chi connectivity index (χ4v) is 1.99. The summed E-state index contributed by atoms with van der Waals surface area (Å²) in [6.07, 6.45) is 0. The smallest absolute Gasteiger partial charge is 0.255 e. The van der Waals surface area contributed by atoms with Gasteiger partial charge in [0.25, 0.3) is 5.91 Å². The maximum Gasteiger partial charge on any atom is 0.255 e. The van der Waals surface area contributed by atoms with Gasteiger partial charge < -0.3 is 20.1 Å². The van der Waals surface area contributed by atoms with Crippen LogP contribution in [0.4, 0.5) is 0 Å². The minimum Gasteiger partial charge on any atom is -0.507 e. The van der Waals surface area contributed by atoms with Gasteiger partial charge in [0.15, 0.2) is 0 Å². The molecule has 122 valence electrons. The van der Waals surface area contributed by atoms with Gasteiger partial charge in [0.05, 0.1) is 5.56 Å². The Morgan fingerprint density at radius 3 is 2.48 bits per heavy atom. The highest BCUT2D eigenvalue weighted by Gasteiger charge is 2.09. The Hall–Kier alpha value is -2.53. The van der Waals surface area contributed by atoms with Crippen LogP contribution in [-0.2, 0) is 6.54 Å². The lowest BCUT2D eigenvalue weighted by atomic mass is 10.1. The third-order valence-electron chi connectivity index (χ3n) is 3.33. The number of nitrogens with one attached hydrogen (secondary N) is 1. The lowest BCUT2D eigenvalue weighted by Gasteiger charge is -2.11. The molecule has 1 amide bonds. The molecule has 0 fully saturated rings. The van der Waals surface area contributed by atoms with Crippen LogP contribution in [-0.4, -0.2) is 43.2 Å². The number of rotatable bonds is 7. The summed E-state index contributed by atoms with van der Waals surface area (Å²) in [4.78, 5) is 14.1. The van der Waals surface area contributed by atoms with Crippen molar-refractivity contribution in [1.29, 1.82) is 0 Å². The molecule has 0 aliphatic heterocycles. The molecule has 2 aromatic carbocycles. The number of hydrogen-bond acceptors (Lipinski definition) is 4. The molecule has 23 heavy (non-hydrogen) atoms. The van der Waals surface area contributed by atoms with Gasteiger partial charge in [-0.15, -0.1) is 0 Å². The highest BCUT2D eigenvalue weighted by atomic mass is 16.5. The van der Waals surface area contributed by atoms with Crippen LogP contribution < -0.4 is 10.1 Å². The van der Waals surface area contributed by atoms with E-state index in [-0.39, 0.29) is 17.2 Å². The summed E-state index contributed by atoms with van der Waals surface area (Å²) in [7, 11) is 4.00. The Morgan fingerprint density at radius 1 is 1.13 bits per heavy atom. The van der Waals surface area contributed by atoms with Crippen molar-refractivity contribution in [2.75, 3.05) is 27.2 Å². The van der Waals surface area contributed by atoms with Crippen LogP contribution in [0.2, 0.25) is 0 Å². The standard InChI is InChI=1S/C18H22N2O3/c1-20(2)11-12-23-15-9-7-14(8-10-15)13-19-18(22)16-5-3-4-6-17(16)21/h3-10,21H,11-13H2,1-2H3,(H,19,22). The summed E-state index contributed by atoms with van der Waals surface area (Å²) in [6, 6.07) is 14.1. The van der Waals surface area contributed by atoms with Crippen LogP contribution in [0.5, 0.6) is 11.5 Å². The SMILES string of the molecule is CN(C)CCOc1ccc(CNC(=O)c2ccccc2O)cc1. The molecule has 0 aromatic heterocycles. The van der Waals surface area contributed by atoms with E-state index in [0.29, 0.717) is 13.2 Å². The number of amides is 1. The van der Waals surface area contributed by atoms with E-state index in [1.807, 2.05) is 38.4 Å². The van der Waals surface area contributed by atoms with E-state index in [1.54, 1.807) is 18.2 Å². The second-order valence-electron chi connectivity index (χ2n) is 5.50. The highest BCUT2D eigenvalue weighted by Crippen LogP contribution is 2.16. The summed E-state index contributed by atoms with van der Waals surface area (Å²) in [5.74, 6) is 0.492. The van der Waals surface area contributed by atoms with Gasteiger partial charge in [0.2, 0.25) is 0 Å². The minimum atomic E-state index is -0.297. The summed E-state index contributed by atoms with van der Waals surface area (Å²) in [5, 5.41) is 12.4. The number of carbonyl (C=O) groups excluding carboxylic acids is 1. The molecule has 0 unspecified atom stereocenters. The number of phenols is 1. The number of aromatic hydroxyl groups is 1. The van der Waals surface area contributed by atoms with E-state index in [0.717, 1.165) is 17.9 Å². The summed E-state index contributed by atoms with van der Waals surface area (Å²) in [5.41, 5.74) is 1.24. The first-order valence-corrected chi connectivity index (χ1v) is 7.49. The molecule has 5 heteroatoms. The number of carbonyl (C=O) groups is 1. The molecule has 0 spiro atoms. The van der Waals surface area contributed by atoms with Gasteiger partial charge in [-0.25, -0.2) is 0 Å². The quantitative estimate of drug-likeness (QED) is 0.823. The molecular formula is C18H22N2O3. The third kappa shape index (κ3) is 5.30. The van der Waals surface area contributed by atoms with Crippen LogP contribution >= 0.6 is 0 Å². The number of hydrogen-bond donors (Lipinski definition) is 2. The molecule has 0 bridgehead atoms. The van der Waals surface area contributed by atoms with Gasteiger partial charge in [-0.2, -0.15) is 0 Å². The number of ether oxygens (including phenoxy) is 1. The van der Waals surface area contributed by atoms with Gasteiger partial charge >= 0.3 is 0 Å². The topological polar surface area (TPSA) is 61.8 Å². The van der Waals surface area contributed by atoms with Gasteiger partial charge in [-0.3, -0.25) is 4.79 Å². The summed E-state index contributed by atoms with van der Waals surface area (Å²) in [6.45, 7) is 1.89. The molecule has 0 heterocycles. The first-order chi connectivity index (χ1) is 11.1. The minimum absolute atomic E-state index is 0.0189. The molecule has 5 nitrogen and oxygen atoms in total. The fraction of sp³-hybridized carbons (Fsp3) is 0.278. The molecule has 2 aromatic rings. The molecular weight excluding hydrogens is 292 g/mol. The fourth-order valence-electron chi connectivity index (χ4n) is 1.99. The Morgan fingerprint density at radius 2 is 1.83 bits per heavy atom. The Labute approximate surface area is 136 Å². The maximum absolute atomic E-state index is 12.0. The van der Waals surface area contributed by atoms with Crippen molar-refractivity contribution in [1.82, 2.24) is 10.2 Å². The van der Waals surface area contributed by atoms with Gasteiger partial charge in [0.1, 0.15) is 18.1 Å². The second kappa shape index (κ2) is 8.19. The van der Waals surface area contributed by atoms with Crippen molar-refractivity contribution in [2.45, 2.75) is 6.54 Å². The Balaban J connectivity index is 1.84. The zero-order valence-corrected chi connectivity index (χ0v) is 13.5. The van der Waals surface area contributed by atoms with Crippen LogP contribution in [0.1, 0.15) is 15.9 Å². The molecule has 0 saturated carbocycles. The number of nitrogens with zero attached hydrogens (tertiary/aromatic N) is 1. The third-order valence-corrected chi connectivity index (χ3v) is 3.33. The highest BCUT2D eigenvalue weighted by molar-refractivity contribution is 5.96. The van der Waals surface area contributed by atoms with Crippen molar-refractivity contribution < 1.29 is 14.6 Å². The average molecular weight is 314 g/mol. The van der Waals surface area contributed by atoms with Crippen molar-refractivity contribution in [3.8, 4) is 11.5 Å². The van der Waals surface area contributed by atoms with E-state index >= 15 is 0 Å². The van der Waals surface area contributed by atoms with Crippen molar-refractivity contribution in [3.05, 3.63) is 59.7 Å². The van der Waals surface area contributed by atoms with E-state index < -0.39 is 0 Å². The monoisotopic (exact) mass is 314 g/mol. The zero-order valence-electron chi connectivity index (χ0n) is 13.5. The van der Waals surface area contributed by atoms with Crippen molar-refractivity contribution in [3.63, 3.8) is 0 Å². The zero-order chi connectivity index (χ0) is 16.7. The summed E-state index contributed by atoms with van der Waals surface area (Å²) >= 11 is 0. The van der Waals surface area contributed by atoms with Crippen LogP contribution in [0.3, 0.4) is 0 Å². The van der Waals surface area contributed by atoms with Crippen molar-refractivity contribution >= 4 is 5.91 Å².